The van der Waals surface area contributed by atoms with Crippen molar-refractivity contribution < 1.29 is 23.1 Å². The number of carbonyl (C=O) groups is 1. The molecule has 3 atom stereocenters. The summed E-state index contributed by atoms with van der Waals surface area (Å²) < 4.78 is 34.8. The Hall–Kier alpha value is -2.69. The van der Waals surface area contributed by atoms with Gasteiger partial charge >= 0.3 is 6.03 Å². The number of rotatable bonds is 7. The first-order valence-electron chi connectivity index (χ1n) is 11.5. The van der Waals surface area contributed by atoms with Crippen LogP contribution in [0.5, 0.6) is 5.75 Å². The Morgan fingerprint density at radius 2 is 2.00 bits per heavy atom. The molecule has 1 aromatic heterocycles. The predicted octanol–water partition coefficient (Wildman–Crippen LogP) is 2.57. The Bertz CT molecular complexity index is 1080. The highest BCUT2D eigenvalue weighted by Gasteiger charge is 2.38. The zero-order valence-electron chi connectivity index (χ0n) is 20.1. The van der Waals surface area contributed by atoms with Gasteiger partial charge in [0.25, 0.3) is 0 Å². The molecular formula is C24H34N4O5S. The Balaban J connectivity index is 2.04. The smallest absolute Gasteiger partial charge is 0.317 e. The molecule has 186 valence electrons. The number of likely N-dealkylation sites (N-methyl/N-ethyl adjacent to an activating group) is 1. The van der Waals surface area contributed by atoms with Gasteiger partial charge in [0.1, 0.15) is 16.7 Å². The largest absolute Gasteiger partial charge is 0.487 e. The first-order chi connectivity index (χ1) is 16.2. The Kier molecular flexibility index (Phi) is 8.51. The average Bonchev–Trinajstić information content (AvgIpc) is 2.84. The van der Waals surface area contributed by atoms with Gasteiger partial charge in [-0.25, -0.2) is 13.2 Å². The molecule has 2 N–H and O–H groups in total. The number of aliphatic hydroxyl groups excluding tert-OH is 1. The summed E-state index contributed by atoms with van der Waals surface area (Å²) in [6.45, 7) is 6.25. The predicted molar refractivity (Wildman–Crippen MR) is 130 cm³/mol. The second-order valence-corrected chi connectivity index (χ2v) is 10.6. The van der Waals surface area contributed by atoms with Crippen LogP contribution >= 0.6 is 0 Å². The van der Waals surface area contributed by atoms with E-state index in [1.165, 1.54) is 4.31 Å². The third-order valence-corrected chi connectivity index (χ3v) is 8.03. The van der Waals surface area contributed by atoms with Crippen LogP contribution in [0.3, 0.4) is 0 Å². The van der Waals surface area contributed by atoms with Gasteiger partial charge < -0.3 is 20.1 Å². The molecule has 2 amide bonds. The van der Waals surface area contributed by atoms with Crippen LogP contribution in [0.25, 0.3) is 11.1 Å². The number of aliphatic hydroxyl groups is 1. The van der Waals surface area contributed by atoms with Gasteiger partial charge in [-0.2, -0.15) is 4.31 Å². The standard InChI is InChI=1S/C24H34N4O5S/c1-5-10-26-24(30)27(4)15-22-17(2)14-28(18(3)16-29)34(31,32)23-7-6-20(13-21(23)33-22)19-8-11-25-12-9-19/h6-9,11-13,17-18,22,29H,5,10,14-16H2,1-4H3,(H,26,30)/t17-,18-,22-/m0/s1. The van der Waals surface area contributed by atoms with E-state index in [0.29, 0.717) is 6.54 Å². The molecule has 1 aliphatic heterocycles. The number of hydrogen-bond donors (Lipinski definition) is 2. The molecule has 0 spiro atoms. The summed E-state index contributed by atoms with van der Waals surface area (Å²) in [6, 6.07) is 7.86. The number of fused-ring (bicyclic) bond motifs is 1. The molecule has 0 bridgehead atoms. The quantitative estimate of drug-likeness (QED) is 0.617. The van der Waals surface area contributed by atoms with Crippen LogP contribution in [0.15, 0.2) is 47.6 Å². The van der Waals surface area contributed by atoms with Crippen molar-refractivity contribution in [2.75, 3.05) is 33.3 Å². The second-order valence-electron chi connectivity index (χ2n) is 8.75. The van der Waals surface area contributed by atoms with Gasteiger partial charge in [0.05, 0.1) is 13.2 Å². The van der Waals surface area contributed by atoms with Crippen LogP contribution in [0, 0.1) is 5.92 Å². The maximum Gasteiger partial charge on any atom is 0.317 e. The third-order valence-electron chi connectivity index (χ3n) is 6.01. The molecule has 9 nitrogen and oxygen atoms in total. The van der Waals surface area contributed by atoms with E-state index in [2.05, 4.69) is 10.3 Å². The highest BCUT2D eigenvalue weighted by molar-refractivity contribution is 7.89. The van der Waals surface area contributed by atoms with Crippen LogP contribution in [-0.2, 0) is 10.0 Å². The number of nitrogens with one attached hydrogen (secondary N) is 1. The van der Waals surface area contributed by atoms with Crippen molar-refractivity contribution >= 4 is 16.1 Å². The van der Waals surface area contributed by atoms with E-state index in [1.54, 1.807) is 49.5 Å². The van der Waals surface area contributed by atoms with E-state index < -0.39 is 22.2 Å². The monoisotopic (exact) mass is 490 g/mol. The molecule has 0 saturated heterocycles. The van der Waals surface area contributed by atoms with Gasteiger partial charge in [-0.1, -0.05) is 19.9 Å². The number of amides is 2. The summed E-state index contributed by atoms with van der Waals surface area (Å²) >= 11 is 0. The lowest BCUT2D eigenvalue weighted by Crippen LogP contribution is -2.51. The molecule has 0 aliphatic carbocycles. The van der Waals surface area contributed by atoms with Gasteiger partial charge in [-0.05, 0) is 48.7 Å². The minimum Gasteiger partial charge on any atom is -0.487 e. The Morgan fingerprint density at radius 3 is 2.65 bits per heavy atom. The van der Waals surface area contributed by atoms with E-state index in [0.717, 1.165) is 17.5 Å². The topological polar surface area (TPSA) is 112 Å². The van der Waals surface area contributed by atoms with Crippen molar-refractivity contribution in [1.82, 2.24) is 19.5 Å². The number of benzene rings is 1. The Labute approximate surface area is 201 Å². The number of ether oxygens (including phenoxy) is 1. The fraction of sp³-hybridized carbons (Fsp3) is 0.500. The summed E-state index contributed by atoms with van der Waals surface area (Å²) in [5.74, 6) is -0.0219. The van der Waals surface area contributed by atoms with E-state index in [1.807, 2.05) is 26.0 Å². The van der Waals surface area contributed by atoms with Gasteiger partial charge in [0, 0.05) is 44.5 Å². The summed E-state index contributed by atoms with van der Waals surface area (Å²) in [7, 11) is -2.23. The van der Waals surface area contributed by atoms with Crippen molar-refractivity contribution in [3.63, 3.8) is 0 Å². The molecule has 1 aliphatic rings. The Morgan fingerprint density at radius 1 is 1.29 bits per heavy atom. The minimum absolute atomic E-state index is 0.0422. The molecule has 0 radical (unpaired) electrons. The summed E-state index contributed by atoms with van der Waals surface area (Å²) in [5, 5.41) is 12.6. The molecular weight excluding hydrogens is 456 g/mol. The third kappa shape index (κ3) is 5.68. The fourth-order valence-electron chi connectivity index (χ4n) is 3.89. The first kappa shape index (κ1) is 25.9. The number of sulfonamides is 1. The van der Waals surface area contributed by atoms with Gasteiger partial charge in [0.15, 0.2) is 0 Å². The molecule has 3 rings (SSSR count). The van der Waals surface area contributed by atoms with Crippen molar-refractivity contribution in [3.05, 3.63) is 42.7 Å². The van der Waals surface area contributed by atoms with Crippen molar-refractivity contribution in [2.45, 2.75) is 44.2 Å². The zero-order chi connectivity index (χ0) is 24.9. The van der Waals surface area contributed by atoms with E-state index in [-0.39, 0.29) is 42.3 Å². The lowest BCUT2D eigenvalue weighted by Gasteiger charge is -2.37. The lowest BCUT2D eigenvalue weighted by atomic mass is 10.0. The molecule has 10 heteroatoms. The molecule has 0 unspecified atom stereocenters. The van der Waals surface area contributed by atoms with Crippen LogP contribution in [0.4, 0.5) is 4.79 Å². The van der Waals surface area contributed by atoms with E-state index in [4.69, 9.17) is 4.74 Å². The maximum absolute atomic E-state index is 13.6. The van der Waals surface area contributed by atoms with E-state index >= 15 is 0 Å². The number of aromatic nitrogens is 1. The molecule has 0 fully saturated rings. The zero-order valence-corrected chi connectivity index (χ0v) is 21.0. The second kappa shape index (κ2) is 11.2. The molecule has 34 heavy (non-hydrogen) atoms. The number of carbonyl (C=O) groups excluding carboxylic acids is 1. The number of pyridine rings is 1. The van der Waals surface area contributed by atoms with Gasteiger partial charge in [-0.3, -0.25) is 4.98 Å². The van der Waals surface area contributed by atoms with Crippen molar-refractivity contribution in [2.24, 2.45) is 5.92 Å². The summed E-state index contributed by atoms with van der Waals surface area (Å²) in [4.78, 5) is 18.1. The number of hydrogen-bond acceptors (Lipinski definition) is 6. The first-order valence-corrected chi connectivity index (χ1v) is 13.0. The highest BCUT2D eigenvalue weighted by Crippen LogP contribution is 2.36. The van der Waals surface area contributed by atoms with Crippen LogP contribution in [-0.4, -0.2) is 79.2 Å². The minimum atomic E-state index is -3.92. The fourth-order valence-corrected chi connectivity index (χ4v) is 5.71. The lowest BCUT2D eigenvalue weighted by molar-refractivity contribution is 0.0813. The number of urea groups is 1. The molecule has 2 heterocycles. The normalized spacial score (nSPS) is 20.9. The van der Waals surface area contributed by atoms with E-state index in [9.17, 15) is 18.3 Å². The highest BCUT2D eigenvalue weighted by atomic mass is 32.2. The summed E-state index contributed by atoms with van der Waals surface area (Å²) in [5.41, 5.74) is 1.67. The van der Waals surface area contributed by atoms with Crippen LogP contribution < -0.4 is 10.1 Å². The van der Waals surface area contributed by atoms with Gasteiger partial charge in [0.2, 0.25) is 10.0 Å². The molecule has 2 aromatic rings. The van der Waals surface area contributed by atoms with Crippen molar-refractivity contribution in [1.29, 1.82) is 0 Å². The van der Waals surface area contributed by atoms with Crippen LogP contribution in [0.2, 0.25) is 0 Å². The summed E-state index contributed by atoms with van der Waals surface area (Å²) in [6.07, 6.45) is 3.70. The average molecular weight is 491 g/mol. The molecule has 1 aromatic carbocycles. The van der Waals surface area contributed by atoms with Crippen LogP contribution in [0.1, 0.15) is 27.2 Å². The van der Waals surface area contributed by atoms with Gasteiger partial charge in [-0.15, -0.1) is 0 Å². The number of nitrogens with zero attached hydrogens (tertiary/aromatic N) is 3. The maximum atomic E-state index is 13.6. The SMILES string of the molecule is CCCNC(=O)N(C)C[C@@H]1Oc2cc(-c3ccncc3)ccc2S(=O)(=O)N([C@@H](C)CO)C[C@@H]1C. The van der Waals surface area contributed by atoms with Crippen molar-refractivity contribution in [3.8, 4) is 16.9 Å². The molecule has 0 saturated carbocycles.